The van der Waals surface area contributed by atoms with Gasteiger partial charge in [-0.25, -0.2) is 4.79 Å². The number of aromatic nitrogens is 4. The molecule has 3 heterocycles. The van der Waals surface area contributed by atoms with Crippen LogP contribution in [0, 0.1) is 0 Å². The number of nitrogens with one attached hydrogen (secondary N) is 3. The summed E-state index contributed by atoms with van der Waals surface area (Å²) in [5, 5.41) is 16.4. The van der Waals surface area contributed by atoms with Gasteiger partial charge in [0.15, 0.2) is 5.82 Å². The molecule has 2 aromatic heterocycles. The minimum absolute atomic E-state index is 0.0929. The predicted octanol–water partition coefficient (Wildman–Crippen LogP) is 2.68. The molecule has 0 saturated carbocycles. The molecule has 1 atom stereocenters. The lowest BCUT2D eigenvalue weighted by atomic mass is 10.1. The first-order valence-electron chi connectivity index (χ1n) is 8.87. The molecule has 2 amide bonds. The predicted molar refractivity (Wildman–Crippen MR) is 97.0 cm³/mol. The second-order valence-electron chi connectivity index (χ2n) is 6.23. The number of rotatable bonds is 6. The van der Waals surface area contributed by atoms with E-state index in [1.54, 1.807) is 6.20 Å². The Morgan fingerprint density at radius 2 is 2.30 bits per heavy atom. The van der Waals surface area contributed by atoms with E-state index in [9.17, 15) is 4.79 Å². The van der Waals surface area contributed by atoms with Crippen molar-refractivity contribution in [1.29, 1.82) is 0 Å². The number of ether oxygens (including phenoxy) is 1. The van der Waals surface area contributed by atoms with E-state index in [0.29, 0.717) is 30.4 Å². The molecule has 1 aromatic carbocycles. The van der Waals surface area contributed by atoms with Crippen LogP contribution in [-0.4, -0.2) is 39.5 Å². The monoisotopic (exact) mass is 368 g/mol. The molecular weight excluding hydrogens is 348 g/mol. The third kappa shape index (κ3) is 4.32. The third-order valence-corrected chi connectivity index (χ3v) is 4.26. The number of H-pyrrole nitrogens is 1. The van der Waals surface area contributed by atoms with Crippen LogP contribution < -0.4 is 10.6 Å². The molecule has 3 aromatic rings. The molecule has 140 valence electrons. The zero-order valence-corrected chi connectivity index (χ0v) is 14.6. The van der Waals surface area contributed by atoms with Gasteiger partial charge in [-0.05, 0) is 31.0 Å². The van der Waals surface area contributed by atoms with E-state index in [1.807, 2.05) is 30.3 Å². The average Bonchev–Trinajstić information content (AvgIpc) is 3.43. The zero-order valence-electron chi connectivity index (χ0n) is 14.6. The van der Waals surface area contributed by atoms with Crippen LogP contribution in [0.1, 0.15) is 30.7 Å². The molecule has 4 rings (SSSR count). The van der Waals surface area contributed by atoms with Gasteiger partial charge in [0.25, 0.3) is 5.89 Å². The summed E-state index contributed by atoms with van der Waals surface area (Å²) in [6, 6.07) is 9.09. The second kappa shape index (κ2) is 8.00. The molecule has 9 nitrogen and oxygen atoms in total. The molecule has 1 aliphatic rings. The summed E-state index contributed by atoms with van der Waals surface area (Å²) in [5.41, 5.74) is 2.52. The Kier molecular flexibility index (Phi) is 5.10. The molecule has 0 radical (unpaired) electrons. The number of amides is 2. The standard InChI is InChI=1S/C18H20N6O3/c25-18(21-13-4-1-3-12(11-13)14-6-9-20-23-14)19-8-7-16-22-17(27-24-16)15-5-2-10-26-15/h1,3-4,6,9,11,15H,2,5,7-8,10H2,(H,20,23)(H2,19,21,25). The lowest BCUT2D eigenvalue weighted by Crippen LogP contribution is -2.30. The van der Waals surface area contributed by atoms with Gasteiger partial charge in [-0.15, -0.1) is 0 Å². The van der Waals surface area contributed by atoms with Crippen molar-refractivity contribution >= 4 is 11.7 Å². The van der Waals surface area contributed by atoms with E-state index in [-0.39, 0.29) is 12.1 Å². The van der Waals surface area contributed by atoms with Gasteiger partial charge in [-0.1, -0.05) is 17.3 Å². The zero-order chi connectivity index (χ0) is 18.5. The van der Waals surface area contributed by atoms with Crippen LogP contribution in [0.2, 0.25) is 0 Å². The largest absolute Gasteiger partial charge is 0.368 e. The Balaban J connectivity index is 1.26. The second-order valence-corrected chi connectivity index (χ2v) is 6.23. The fourth-order valence-corrected chi connectivity index (χ4v) is 2.92. The SMILES string of the molecule is O=C(NCCc1noc(C2CCCO2)n1)Nc1cccc(-c2ccn[nH]2)c1. The van der Waals surface area contributed by atoms with E-state index in [1.165, 1.54) is 0 Å². The van der Waals surface area contributed by atoms with Gasteiger partial charge >= 0.3 is 6.03 Å². The number of benzene rings is 1. The minimum atomic E-state index is -0.292. The van der Waals surface area contributed by atoms with E-state index in [4.69, 9.17) is 9.26 Å². The van der Waals surface area contributed by atoms with E-state index in [2.05, 4.69) is 31.0 Å². The highest BCUT2D eigenvalue weighted by atomic mass is 16.5. The lowest BCUT2D eigenvalue weighted by molar-refractivity contribution is 0.0835. The number of hydrogen-bond donors (Lipinski definition) is 3. The molecule has 0 spiro atoms. The molecule has 3 N–H and O–H groups in total. The number of urea groups is 1. The summed E-state index contributed by atoms with van der Waals surface area (Å²) in [6.07, 6.45) is 3.98. The molecule has 1 unspecified atom stereocenters. The summed E-state index contributed by atoms with van der Waals surface area (Å²) >= 11 is 0. The van der Waals surface area contributed by atoms with Crippen LogP contribution in [0.4, 0.5) is 10.5 Å². The first kappa shape index (κ1) is 17.2. The average molecular weight is 368 g/mol. The van der Waals surface area contributed by atoms with Crippen molar-refractivity contribution in [1.82, 2.24) is 25.7 Å². The van der Waals surface area contributed by atoms with E-state index in [0.717, 1.165) is 30.7 Å². The number of nitrogens with zero attached hydrogens (tertiary/aromatic N) is 3. The first-order chi connectivity index (χ1) is 13.3. The fourth-order valence-electron chi connectivity index (χ4n) is 2.92. The summed E-state index contributed by atoms with van der Waals surface area (Å²) in [5.74, 6) is 1.07. The lowest BCUT2D eigenvalue weighted by Gasteiger charge is -2.08. The highest BCUT2D eigenvalue weighted by Gasteiger charge is 2.23. The van der Waals surface area contributed by atoms with Gasteiger partial charge in [0.05, 0.1) is 5.69 Å². The Labute approximate surface area is 155 Å². The van der Waals surface area contributed by atoms with E-state index < -0.39 is 0 Å². The van der Waals surface area contributed by atoms with Crippen molar-refractivity contribution in [3.05, 3.63) is 48.2 Å². The van der Waals surface area contributed by atoms with E-state index >= 15 is 0 Å². The van der Waals surface area contributed by atoms with Crippen LogP contribution in [0.15, 0.2) is 41.1 Å². The van der Waals surface area contributed by atoms with Crippen molar-refractivity contribution < 1.29 is 14.1 Å². The molecule has 0 bridgehead atoms. The van der Waals surface area contributed by atoms with Crippen molar-refractivity contribution in [3.63, 3.8) is 0 Å². The van der Waals surface area contributed by atoms with Crippen molar-refractivity contribution in [2.24, 2.45) is 0 Å². The highest BCUT2D eigenvalue weighted by molar-refractivity contribution is 5.90. The number of anilines is 1. The van der Waals surface area contributed by atoms with Crippen LogP contribution in [0.25, 0.3) is 11.3 Å². The van der Waals surface area contributed by atoms with Gasteiger partial charge < -0.3 is 19.9 Å². The number of carbonyl (C=O) groups excluding carboxylic acids is 1. The summed E-state index contributed by atoms with van der Waals surface area (Å²) in [4.78, 5) is 16.4. The van der Waals surface area contributed by atoms with Crippen molar-refractivity contribution in [2.75, 3.05) is 18.5 Å². The Morgan fingerprint density at radius 3 is 3.11 bits per heavy atom. The van der Waals surface area contributed by atoms with Gasteiger partial charge in [-0.3, -0.25) is 5.10 Å². The van der Waals surface area contributed by atoms with Crippen LogP contribution in [0.5, 0.6) is 0 Å². The number of aromatic amines is 1. The summed E-state index contributed by atoms with van der Waals surface area (Å²) in [7, 11) is 0. The highest BCUT2D eigenvalue weighted by Crippen LogP contribution is 2.26. The smallest absolute Gasteiger partial charge is 0.319 e. The van der Waals surface area contributed by atoms with Crippen LogP contribution in [-0.2, 0) is 11.2 Å². The topological polar surface area (TPSA) is 118 Å². The third-order valence-electron chi connectivity index (χ3n) is 4.26. The molecule has 9 heteroatoms. The van der Waals surface area contributed by atoms with Crippen LogP contribution in [0.3, 0.4) is 0 Å². The van der Waals surface area contributed by atoms with Gasteiger partial charge in [0, 0.05) is 37.0 Å². The maximum absolute atomic E-state index is 12.1. The van der Waals surface area contributed by atoms with Crippen molar-refractivity contribution in [3.8, 4) is 11.3 Å². The summed E-state index contributed by atoms with van der Waals surface area (Å²) < 4.78 is 10.7. The maximum atomic E-state index is 12.1. The minimum Gasteiger partial charge on any atom is -0.368 e. The Hall–Kier alpha value is -3.20. The maximum Gasteiger partial charge on any atom is 0.319 e. The summed E-state index contributed by atoms with van der Waals surface area (Å²) in [6.45, 7) is 1.13. The molecule has 27 heavy (non-hydrogen) atoms. The first-order valence-corrected chi connectivity index (χ1v) is 8.87. The van der Waals surface area contributed by atoms with Gasteiger partial charge in [-0.2, -0.15) is 10.1 Å². The normalized spacial score (nSPS) is 16.4. The molecule has 0 aliphatic carbocycles. The number of carbonyl (C=O) groups is 1. The Bertz CT molecular complexity index is 886. The number of hydrogen-bond acceptors (Lipinski definition) is 6. The fraction of sp³-hybridized carbons (Fsp3) is 0.333. The molecule has 1 aliphatic heterocycles. The van der Waals surface area contributed by atoms with Gasteiger partial charge in [0.2, 0.25) is 0 Å². The van der Waals surface area contributed by atoms with Gasteiger partial charge in [0.1, 0.15) is 6.10 Å². The quantitative estimate of drug-likeness (QED) is 0.616. The molecular formula is C18H20N6O3. The Morgan fingerprint density at radius 1 is 1.33 bits per heavy atom. The van der Waals surface area contributed by atoms with Crippen LogP contribution >= 0.6 is 0 Å². The molecule has 1 saturated heterocycles. The molecule has 1 fully saturated rings. The van der Waals surface area contributed by atoms with Crippen molar-refractivity contribution in [2.45, 2.75) is 25.4 Å².